The minimum Gasteiger partial charge on any atom is -0.485 e. The molecule has 1 amide bonds. The van der Waals surface area contributed by atoms with Crippen molar-refractivity contribution in [3.05, 3.63) is 41.5 Å². The van der Waals surface area contributed by atoms with Crippen LogP contribution in [0.4, 0.5) is 0 Å². The number of hydrogen-bond acceptors (Lipinski definition) is 6. The van der Waals surface area contributed by atoms with Gasteiger partial charge in [0.2, 0.25) is 11.7 Å². The molecule has 2 rings (SSSR count). The van der Waals surface area contributed by atoms with Gasteiger partial charge in [-0.05, 0) is 30.2 Å². The Hall–Kier alpha value is -2.90. The first-order valence-electron chi connectivity index (χ1n) is 8.52. The van der Waals surface area contributed by atoms with Crippen LogP contribution in [0, 0.1) is 5.92 Å². The molecule has 0 radical (unpaired) electrons. The lowest BCUT2D eigenvalue weighted by Crippen LogP contribution is -2.45. The van der Waals surface area contributed by atoms with Crippen molar-refractivity contribution >= 4 is 11.9 Å². The number of amides is 1. The molecule has 0 bridgehead atoms. The van der Waals surface area contributed by atoms with Crippen LogP contribution in [0.15, 0.2) is 28.8 Å². The Labute approximate surface area is 151 Å². The summed E-state index contributed by atoms with van der Waals surface area (Å²) in [4.78, 5) is 27.7. The van der Waals surface area contributed by atoms with E-state index in [1.165, 1.54) is 0 Å². The number of hydrogen-bond donors (Lipinski definition) is 2. The van der Waals surface area contributed by atoms with Crippen LogP contribution < -0.4 is 10.1 Å². The number of carbonyl (C=O) groups excluding carboxylic acids is 1. The van der Waals surface area contributed by atoms with Crippen molar-refractivity contribution < 1.29 is 24.0 Å². The van der Waals surface area contributed by atoms with Gasteiger partial charge in [-0.2, -0.15) is 4.98 Å². The van der Waals surface area contributed by atoms with E-state index in [0.29, 0.717) is 35.9 Å². The third-order valence-corrected chi connectivity index (χ3v) is 4.06. The summed E-state index contributed by atoms with van der Waals surface area (Å²) in [5.41, 5.74) is 0.361. The van der Waals surface area contributed by atoms with Gasteiger partial charge < -0.3 is 19.7 Å². The van der Waals surface area contributed by atoms with Crippen molar-refractivity contribution in [2.45, 2.75) is 46.3 Å². The lowest BCUT2D eigenvalue weighted by atomic mass is 9.99. The summed E-state index contributed by atoms with van der Waals surface area (Å²) in [5, 5.41) is 15.6. The zero-order valence-electron chi connectivity index (χ0n) is 15.1. The van der Waals surface area contributed by atoms with Crippen molar-refractivity contribution in [3.8, 4) is 5.75 Å². The van der Waals surface area contributed by atoms with E-state index in [4.69, 9.17) is 9.26 Å². The molecular formula is C18H23N3O5. The van der Waals surface area contributed by atoms with Gasteiger partial charge in [0.1, 0.15) is 11.8 Å². The molecule has 0 saturated carbocycles. The summed E-state index contributed by atoms with van der Waals surface area (Å²) in [6.07, 6.45) is 1.31. The number of nitrogens with one attached hydrogen (secondary N) is 1. The van der Waals surface area contributed by atoms with Crippen LogP contribution in [0.25, 0.3) is 0 Å². The molecule has 0 aliphatic rings. The molecular weight excluding hydrogens is 338 g/mol. The summed E-state index contributed by atoms with van der Waals surface area (Å²) in [6, 6.07) is 5.50. The van der Waals surface area contributed by atoms with Crippen molar-refractivity contribution in [1.29, 1.82) is 0 Å². The van der Waals surface area contributed by atoms with Crippen LogP contribution in [0.2, 0.25) is 0 Å². The van der Waals surface area contributed by atoms with Crippen LogP contribution in [0.3, 0.4) is 0 Å². The number of aryl methyl sites for hydroxylation is 1. The van der Waals surface area contributed by atoms with Crippen LogP contribution in [0.5, 0.6) is 5.75 Å². The Kier molecular flexibility index (Phi) is 6.71. The van der Waals surface area contributed by atoms with Crippen LogP contribution >= 0.6 is 0 Å². The topological polar surface area (TPSA) is 115 Å². The van der Waals surface area contributed by atoms with Gasteiger partial charge in [0, 0.05) is 12.0 Å². The lowest BCUT2D eigenvalue weighted by molar-refractivity contribution is -0.140. The Bertz CT molecular complexity index is 742. The Morgan fingerprint density at radius 3 is 2.50 bits per heavy atom. The maximum atomic E-state index is 12.3. The van der Waals surface area contributed by atoms with Gasteiger partial charge >= 0.3 is 5.97 Å². The summed E-state index contributed by atoms with van der Waals surface area (Å²) < 4.78 is 10.5. The van der Waals surface area contributed by atoms with Gasteiger partial charge in [0.25, 0.3) is 5.91 Å². The number of benzene rings is 1. The van der Waals surface area contributed by atoms with Gasteiger partial charge in [0.05, 0.1) is 0 Å². The molecule has 2 aromatic rings. The second-order valence-corrected chi connectivity index (χ2v) is 5.95. The standard InChI is InChI=1S/C18H23N3O5/c1-4-11(3)16(18(23)24)20-17(22)12-6-8-13(9-7-12)25-10-14-19-15(5-2)26-21-14/h6-9,11,16H,4-5,10H2,1-3H3,(H,20,22)(H,23,24)/t11-,16-/m0/s1. The summed E-state index contributed by atoms with van der Waals surface area (Å²) in [5.74, 6) is -0.108. The average Bonchev–Trinajstić information content (AvgIpc) is 3.12. The first-order valence-corrected chi connectivity index (χ1v) is 8.52. The molecule has 2 N–H and O–H groups in total. The smallest absolute Gasteiger partial charge is 0.326 e. The molecule has 0 aliphatic heterocycles. The largest absolute Gasteiger partial charge is 0.485 e. The van der Waals surface area contributed by atoms with Crippen molar-refractivity contribution in [3.63, 3.8) is 0 Å². The Morgan fingerprint density at radius 1 is 1.27 bits per heavy atom. The van der Waals surface area contributed by atoms with E-state index < -0.39 is 17.9 Å². The second kappa shape index (κ2) is 8.98. The van der Waals surface area contributed by atoms with Crippen LogP contribution in [0.1, 0.15) is 49.3 Å². The van der Waals surface area contributed by atoms with E-state index in [1.54, 1.807) is 31.2 Å². The minimum atomic E-state index is -1.04. The lowest BCUT2D eigenvalue weighted by Gasteiger charge is -2.20. The Morgan fingerprint density at radius 2 is 1.96 bits per heavy atom. The third kappa shape index (κ3) is 5.05. The normalized spacial score (nSPS) is 13.0. The number of aliphatic carboxylic acids is 1. The number of rotatable bonds is 9. The first kappa shape index (κ1) is 19.4. The quantitative estimate of drug-likeness (QED) is 0.705. The first-order chi connectivity index (χ1) is 12.4. The highest BCUT2D eigenvalue weighted by Gasteiger charge is 2.25. The van der Waals surface area contributed by atoms with E-state index in [0.717, 1.165) is 0 Å². The Balaban J connectivity index is 1.95. The molecule has 26 heavy (non-hydrogen) atoms. The van der Waals surface area contributed by atoms with Gasteiger partial charge in [-0.15, -0.1) is 0 Å². The maximum absolute atomic E-state index is 12.3. The van der Waals surface area contributed by atoms with Crippen molar-refractivity contribution in [1.82, 2.24) is 15.5 Å². The molecule has 0 unspecified atom stereocenters. The van der Waals surface area contributed by atoms with Crippen LogP contribution in [-0.4, -0.2) is 33.2 Å². The highest BCUT2D eigenvalue weighted by molar-refractivity contribution is 5.96. The predicted octanol–water partition coefficient (Wildman–Crippen LogP) is 2.44. The fraction of sp³-hybridized carbons (Fsp3) is 0.444. The molecule has 8 heteroatoms. The monoisotopic (exact) mass is 361 g/mol. The van der Waals surface area contributed by atoms with Gasteiger partial charge in [-0.25, -0.2) is 4.79 Å². The summed E-state index contributed by atoms with van der Waals surface area (Å²) >= 11 is 0. The van der Waals surface area contributed by atoms with Crippen molar-refractivity contribution in [2.75, 3.05) is 0 Å². The number of carboxylic acids is 1. The van der Waals surface area contributed by atoms with Crippen LogP contribution in [-0.2, 0) is 17.8 Å². The number of aromatic nitrogens is 2. The summed E-state index contributed by atoms with van der Waals surface area (Å²) in [6.45, 7) is 5.74. The molecule has 2 atom stereocenters. The zero-order chi connectivity index (χ0) is 19.1. The van der Waals surface area contributed by atoms with E-state index in [9.17, 15) is 14.7 Å². The molecule has 140 valence electrons. The van der Waals surface area contributed by atoms with E-state index in [1.807, 2.05) is 13.8 Å². The molecule has 0 fully saturated rings. The van der Waals surface area contributed by atoms with E-state index in [2.05, 4.69) is 15.5 Å². The van der Waals surface area contributed by atoms with Gasteiger partial charge in [0.15, 0.2) is 6.61 Å². The molecule has 1 aromatic heterocycles. The SMILES string of the molecule is CCc1nc(COc2ccc(C(=O)N[C@H](C(=O)O)[C@@H](C)CC)cc2)no1. The maximum Gasteiger partial charge on any atom is 0.326 e. The predicted molar refractivity (Wildman–Crippen MR) is 92.8 cm³/mol. The highest BCUT2D eigenvalue weighted by Crippen LogP contribution is 2.15. The fourth-order valence-electron chi connectivity index (χ4n) is 2.25. The molecule has 0 saturated heterocycles. The molecule has 1 aromatic carbocycles. The average molecular weight is 361 g/mol. The molecule has 0 spiro atoms. The van der Waals surface area contributed by atoms with Gasteiger partial charge in [-0.1, -0.05) is 32.3 Å². The zero-order valence-corrected chi connectivity index (χ0v) is 15.1. The van der Waals surface area contributed by atoms with Crippen molar-refractivity contribution in [2.24, 2.45) is 5.92 Å². The molecule has 0 aliphatic carbocycles. The number of nitrogens with zero attached hydrogens (tertiary/aromatic N) is 2. The fourth-order valence-corrected chi connectivity index (χ4v) is 2.25. The number of carbonyl (C=O) groups is 2. The number of ether oxygens (including phenoxy) is 1. The third-order valence-electron chi connectivity index (χ3n) is 4.06. The second-order valence-electron chi connectivity index (χ2n) is 5.95. The van der Waals surface area contributed by atoms with Gasteiger partial charge in [-0.3, -0.25) is 4.79 Å². The highest BCUT2D eigenvalue weighted by atomic mass is 16.5. The molecule has 1 heterocycles. The molecule has 8 nitrogen and oxygen atoms in total. The summed E-state index contributed by atoms with van der Waals surface area (Å²) in [7, 11) is 0. The van der Waals surface area contributed by atoms with E-state index in [-0.39, 0.29) is 12.5 Å². The number of carboxylic acid groups (broad SMARTS) is 1. The van der Waals surface area contributed by atoms with E-state index >= 15 is 0 Å². The minimum absolute atomic E-state index is 0.157.